The van der Waals surface area contributed by atoms with Gasteiger partial charge in [-0.15, -0.1) is 5.10 Å². The summed E-state index contributed by atoms with van der Waals surface area (Å²) >= 11 is 0. The number of para-hydroxylation sites is 1. The minimum atomic E-state index is -0.164. The Morgan fingerprint density at radius 3 is 2.54 bits per heavy atom. The van der Waals surface area contributed by atoms with Gasteiger partial charge in [-0.3, -0.25) is 14.3 Å². The van der Waals surface area contributed by atoms with Gasteiger partial charge in [0.05, 0.1) is 17.8 Å². The predicted octanol–water partition coefficient (Wildman–Crippen LogP) is 4.46. The fourth-order valence-electron chi connectivity index (χ4n) is 5.36. The molecule has 1 aromatic heterocycles. The number of aromatic nitrogens is 3. The number of carbonyl (C=O) groups excluding carboxylic acids is 2. The van der Waals surface area contributed by atoms with Crippen LogP contribution in [0.1, 0.15) is 92.0 Å². The fourth-order valence-corrected chi connectivity index (χ4v) is 5.36. The van der Waals surface area contributed by atoms with Crippen LogP contribution in [0, 0.1) is 0 Å². The topological polar surface area (TPSA) is 80.6 Å². The van der Waals surface area contributed by atoms with E-state index < -0.39 is 0 Å². The number of fused-ring (bicyclic) bond motifs is 2. The quantitative estimate of drug-likeness (QED) is 0.646. The molecule has 35 heavy (non-hydrogen) atoms. The molecule has 2 amide bonds. The van der Waals surface area contributed by atoms with E-state index in [1.54, 1.807) is 17.9 Å². The Morgan fingerprint density at radius 2 is 1.77 bits per heavy atom. The normalized spacial score (nSPS) is 22.4. The van der Waals surface area contributed by atoms with Gasteiger partial charge in [-0.1, -0.05) is 50.0 Å². The van der Waals surface area contributed by atoms with Crippen LogP contribution in [0.4, 0.5) is 0 Å². The summed E-state index contributed by atoms with van der Waals surface area (Å²) in [4.78, 5) is 31.1. The number of rotatable bonds is 3. The number of benzene rings is 1. The zero-order chi connectivity index (χ0) is 24.6. The minimum absolute atomic E-state index is 0.0390. The molecule has 1 aromatic carbocycles. The molecule has 8 heteroatoms. The van der Waals surface area contributed by atoms with Gasteiger partial charge in [0, 0.05) is 26.7 Å². The molecule has 0 unspecified atom stereocenters. The van der Waals surface area contributed by atoms with Gasteiger partial charge in [-0.25, -0.2) is 0 Å². The molecule has 2 aliphatic rings. The second-order valence-corrected chi connectivity index (χ2v) is 9.84. The Bertz CT molecular complexity index is 991. The highest BCUT2D eigenvalue weighted by molar-refractivity contribution is 5.97. The average molecular weight is 482 g/mol. The van der Waals surface area contributed by atoms with Crippen LogP contribution in [-0.4, -0.2) is 68.4 Å². The lowest BCUT2D eigenvalue weighted by atomic mass is 9.90. The highest BCUT2D eigenvalue weighted by Crippen LogP contribution is 2.31. The third-order valence-electron chi connectivity index (χ3n) is 7.15. The van der Waals surface area contributed by atoms with Crippen molar-refractivity contribution >= 4 is 11.8 Å². The molecule has 1 fully saturated rings. The molecular formula is C27H39N5O3. The lowest BCUT2D eigenvalue weighted by Crippen LogP contribution is -2.51. The standard InChI is InChI=1S/C27H39N5O3/c1-3-17-31-18-11-5-4-6-12-19-32(27(34)22-20-30(2)29-28-22)23-14-8-10-16-25(23)35-24-15-9-7-13-21(24)26(31)33/h7,9,13,15,20,23,25H,3-6,8,10-12,14,16-19H2,1-2H3/t23-,25+/m1/s1. The third-order valence-corrected chi connectivity index (χ3v) is 7.15. The van der Waals surface area contributed by atoms with Crippen molar-refractivity contribution in [2.75, 3.05) is 19.6 Å². The summed E-state index contributed by atoms with van der Waals surface area (Å²) < 4.78 is 8.18. The Hall–Kier alpha value is -2.90. The highest BCUT2D eigenvalue weighted by Gasteiger charge is 2.36. The number of amides is 2. The molecule has 1 aliphatic heterocycles. The summed E-state index contributed by atoms with van der Waals surface area (Å²) in [6, 6.07) is 7.54. The van der Waals surface area contributed by atoms with Gasteiger partial charge < -0.3 is 14.5 Å². The second kappa shape index (κ2) is 12.2. The van der Waals surface area contributed by atoms with E-state index >= 15 is 0 Å². The summed E-state index contributed by atoms with van der Waals surface area (Å²) in [5, 5.41) is 8.08. The van der Waals surface area contributed by atoms with Crippen LogP contribution in [0.5, 0.6) is 5.75 Å². The molecule has 190 valence electrons. The number of aryl methyl sites for hydroxylation is 1. The van der Waals surface area contributed by atoms with Gasteiger partial charge in [-0.05, 0) is 50.7 Å². The van der Waals surface area contributed by atoms with Crippen LogP contribution >= 0.6 is 0 Å². The van der Waals surface area contributed by atoms with E-state index in [1.807, 2.05) is 34.1 Å². The Balaban J connectivity index is 1.66. The number of hydrogen-bond donors (Lipinski definition) is 0. The summed E-state index contributed by atoms with van der Waals surface area (Å²) in [6.07, 6.45) is 11.5. The first-order chi connectivity index (χ1) is 17.1. The van der Waals surface area contributed by atoms with Gasteiger partial charge in [0.15, 0.2) is 5.69 Å². The van der Waals surface area contributed by atoms with E-state index in [2.05, 4.69) is 17.2 Å². The maximum atomic E-state index is 13.6. The number of nitrogens with zero attached hydrogens (tertiary/aromatic N) is 5. The van der Waals surface area contributed by atoms with E-state index in [0.29, 0.717) is 23.6 Å². The monoisotopic (exact) mass is 481 g/mol. The number of carbonyl (C=O) groups is 2. The van der Waals surface area contributed by atoms with Crippen molar-refractivity contribution in [3.63, 3.8) is 0 Å². The maximum absolute atomic E-state index is 13.6. The van der Waals surface area contributed by atoms with Crippen molar-refractivity contribution < 1.29 is 14.3 Å². The van der Waals surface area contributed by atoms with Crippen LogP contribution < -0.4 is 4.74 Å². The van der Waals surface area contributed by atoms with Crippen LogP contribution in [0.15, 0.2) is 30.5 Å². The zero-order valence-electron chi connectivity index (χ0n) is 21.2. The molecule has 8 nitrogen and oxygen atoms in total. The van der Waals surface area contributed by atoms with E-state index in [0.717, 1.165) is 77.3 Å². The van der Waals surface area contributed by atoms with E-state index in [4.69, 9.17) is 4.74 Å². The van der Waals surface area contributed by atoms with Crippen LogP contribution in [0.25, 0.3) is 0 Å². The first-order valence-electron chi connectivity index (χ1n) is 13.3. The number of hydrogen-bond acceptors (Lipinski definition) is 5. The van der Waals surface area contributed by atoms with Crippen molar-refractivity contribution in [2.24, 2.45) is 7.05 Å². The van der Waals surface area contributed by atoms with Crippen molar-refractivity contribution in [3.05, 3.63) is 41.7 Å². The van der Waals surface area contributed by atoms with Crippen molar-refractivity contribution in [3.8, 4) is 5.75 Å². The first kappa shape index (κ1) is 25.2. The summed E-state index contributed by atoms with van der Waals surface area (Å²) in [6.45, 7) is 4.31. The zero-order valence-corrected chi connectivity index (χ0v) is 21.2. The molecule has 2 aromatic rings. The van der Waals surface area contributed by atoms with Crippen LogP contribution in [-0.2, 0) is 7.05 Å². The summed E-state index contributed by atoms with van der Waals surface area (Å²) in [5.41, 5.74) is 0.993. The predicted molar refractivity (Wildman–Crippen MR) is 134 cm³/mol. The maximum Gasteiger partial charge on any atom is 0.276 e. The lowest BCUT2D eigenvalue weighted by molar-refractivity contribution is 0.0266. The molecule has 0 bridgehead atoms. The molecule has 0 spiro atoms. The lowest BCUT2D eigenvalue weighted by Gasteiger charge is -2.40. The van der Waals surface area contributed by atoms with Gasteiger partial charge in [0.1, 0.15) is 11.9 Å². The van der Waals surface area contributed by atoms with Crippen molar-refractivity contribution in [1.29, 1.82) is 0 Å². The Kier molecular flexibility index (Phi) is 8.77. The van der Waals surface area contributed by atoms with E-state index in [1.165, 1.54) is 0 Å². The molecule has 0 saturated heterocycles. The summed E-state index contributed by atoms with van der Waals surface area (Å²) in [5.74, 6) is 0.579. The summed E-state index contributed by atoms with van der Waals surface area (Å²) in [7, 11) is 1.78. The molecular weight excluding hydrogens is 442 g/mol. The highest BCUT2D eigenvalue weighted by atomic mass is 16.5. The van der Waals surface area contributed by atoms with Crippen LogP contribution in [0.3, 0.4) is 0 Å². The van der Waals surface area contributed by atoms with Gasteiger partial charge in [0.25, 0.3) is 11.8 Å². The third kappa shape index (κ3) is 6.21. The average Bonchev–Trinajstić information content (AvgIpc) is 3.31. The number of ether oxygens (including phenoxy) is 1. The molecule has 0 radical (unpaired) electrons. The fraction of sp³-hybridized carbons (Fsp3) is 0.630. The van der Waals surface area contributed by atoms with E-state index in [9.17, 15) is 9.59 Å². The van der Waals surface area contributed by atoms with E-state index in [-0.39, 0.29) is 24.0 Å². The molecule has 0 N–H and O–H groups in total. The molecule has 1 saturated carbocycles. The van der Waals surface area contributed by atoms with Gasteiger partial charge in [0.2, 0.25) is 0 Å². The SMILES string of the molecule is CCCN1CCCCCCCN(C(=O)c2cn(C)nn2)[C@@H]2CCCC[C@@H]2Oc2ccccc2C1=O. The Morgan fingerprint density at radius 1 is 1.03 bits per heavy atom. The molecule has 1 aliphatic carbocycles. The van der Waals surface area contributed by atoms with Crippen molar-refractivity contribution in [1.82, 2.24) is 24.8 Å². The Labute approximate surface area is 208 Å². The smallest absolute Gasteiger partial charge is 0.276 e. The second-order valence-electron chi connectivity index (χ2n) is 9.84. The minimum Gasteiger partial charge on any atom is -0.487 e. The van der Waals surface area contributed by atoms with Crippen LogP contribution in [0.2, 0.25) is 0 Å². The largest absolute Gasteiger partial charge is 0.487 e. The molecule has 2 heterocycles. The molecule has 4 rings (SSSR count). The van der Waals surface area contributed by atoms with Gasteiger partial charge in [-0.2, -0.15) is 0 Å². The molecule has 2 atom stereocenters. The first-order valence-corrected chi connectivity index (χ1v) is 13.3. The van der Waals surface area contributed by atoms with Crippen molar-refractivity contribution in [2.45, 2.75) is 83.3 Å². The van der Waals surface area contributed by atoms with Gasteiger partial charge >= 0.3 is 0 Å².